The van der Waals surface area contributed by atoms with Crippen molar-refractivity contribution >= 4 is 195 Å². The molecule has 0 fully saturated rings. The molecule has 0 aliphatic carbocycles. The van der Waals surface area contributed by atoms with E-state index in [-0.39, 0.29) is 35.3 Å². The third-order valence-corrected chi connectivity index (χ3v) is 28.8. The molecule has 27 aromatic rings. The fourth-order valence-corrected chi connectivity index (χ4v) is 22.5. The first-order valence-electron chi connectivity index (χ1n) is 49.9. The molecular weight excluding hydrogens is 1660 g/mol. The highest BCUT2D eigenvalue weighted by atomic mass is 32.1. The van der Waals surface area contributed by atoms with E-state index in [1.807, 2.05) is 101 Å². The van der Waals surface area contributed by atoms with Crippen molar-refractivity contribution < 1.29 is 22.5 Å². The minimum absolute atomic E-state index is 0.0215. The average Bonchev–Trinajstić information content (AvgIpc) is 1.58. The van der Waals surface area contributed by atoms with Crippen LogP contribution in [-0.4, -0.2) is 0 Å². The topological polar surface area (TPSA) is 32.8 Å². The minimum Gasteiger partial charge on any atom is -0.455 e. The fourth-order valence-electron chi connectivity index (χ4n) is 19.9. The molecule has 0 aliphatic rings. The van der Waals surface area contributed by atoms with E-state index in [1.54, 1.807) is 35.6 Å². The van der Waals surface area contributed by atoms with E-state index < -0.39 is 36.3 Å². The lowest BCUT2D eigenvalue weighted by Crippen LogP contribution is -2.10. The van der Waals surface area contributed by atoms with E-state index in [0.29, 0.717) is 39.3 Å². The van der Waals surface area contributed by atoms with Gasteiger partial charge >= 0.3 is 0 Å². The van der Waals surface area contributed by atoms with Crippen molar-refractivity contribution in [1.82, 2.24) is 0 Å². The summed E-state index contributed by atoms with van der Waals surface area (Å²) >= 11 is 3.68. The van der Waals surface area contributed by atoms with Crippen LogP contribution >= 0.6 is 22.7 Å². The van der Waals surface area contributed by atoms with Gasteiger partial charge in [-0.05, 0) is 242 Å². The molecule has 0 bridgehead atoms. The summed E-state index contributed by atoms with van der Waals surface area (Å²) in [5, 5.41) is 21.0. The zero-order valence-corrected chi connectivity index (χ0v) is 73.6. The zero-order chi connectivity index (χ0) is 97.0. The summed E-state index contributed by atoms with van der Waals surface area (Å²) in [6.07, 6.45) is 0. The largest absolute Gasteiger partial charge is 0.455 e. The number of hydrogen-bond donors (Lipinski definition) is 0. The Balaban J connectivity index is 0.000000147. The van der Waals surface area contributed by atoms with Crippen molar-refractivity contribution in [2.45, 2.75) is 0 Å². The van der Waals surface area contributed by atoms with Gasteiger partial charge in [0.05, 0.1) is 13.7 Å². The highest BCUT2D eigenvalue weighted by Crippen LogP contribution is 2.51. The van der Waals surface area contributed by atoms with E-state index >= 15 is 0 Å². The smallest absolute Gasteiger partial charge is 0.143 e. The Labute approximate surface area is 795 Å². The molecule has 4 nitrogen and oxygen atoms in total. The van der Waals surface area contributed by atoms with Gasteiger partial charge in [0.25, 0.3) is 0 Å². The Kier molecular flexibility index (Phi) is 16.6. The van der Waals surface area contributed by atoms with Crippen LogP contribution in [0.25, 0.3) is 227 Å². The Bertz CT molecular complexity index is 9920. The van der Waals surface area contributed by atoms with Crippen LogP contribution < -0.4 is 9.80 Å². The molecule has 4 aromatic heterocycles. The summed E-state index contributed by atoms with van der Waals surface area (Å²) in [5.41, 5.74) is 22.0. The molecule has 6 heteroatoms. The second-order valence-corrected chi connectivity index (χ2v) is 36.2. The van der Waals surface area contributed by atoms with Gasteiger partial charge in [0.2, 0.25) is 0 Å². The lowest BCUT2D eigenvalue weighted by atomic mass is 9.92. The monoisotopic (exact) mass is 1750 g/mol. The van der Waals surface area contributed by atoms with Gasteiger partial charge in [0, 0.05) is 112 Å². The lowest BCUT2D eigenvalue weighted by molar-refractivity contribution is 0.672. The quantitative estimate of drug-likeness (QED) is 0.109. The molecule has 27 rings (SSSR count). The highest BCUT2D eigenvalue weighted by Gasteiger charge is 2.24. The van der Waals surface area contributed by atoms with Crippen LogP contribution in [-0.2, 0) is 0 Å². The SMILES string of the molecule is [2H]c1c([2H])c([2H])c(-c2cccc(N(c3ccc(-c4ccc5c(c4)sc4c6ccccc6ccc54)cc3)c3cc(-c4ccc5c(c4)oc4c6ccccc6ccc54)cc(-c4c([2H])c([2H])c([2H])c([2H])c4[2H])c3)c2)c([2H])c1[2H].c1ccc(-c2ccc(-c3ccc(N(c4ccc(-c5cccc6c5oc5c7ccccc7ccc65)cc4)c4ccc(-c5c6ccccc6cc6sc7c8ccccc8ccc7c56)cc4)cc3)cc2)cc1. The van der Waals surface area contributed by atoms with E-state index in [1.165, 1.54) is 111 Å². The molecule has 23 aromatic carbocycles. The van der Waals surface area contributed by atoms with Crippen LogP contribution in [0.2, 0.25) is 0 Å². The number of rotatable bonds is 14. The molecular formula is C128H80N2O2S2. The van der Waals surface area contributed by atoms with E-state index in [4.69, 9.17) is 22.5 Å². The van der Waals surface area contributed by atoms with Crippen LogP contribution in [0.15, 0.2) is 494 Å². The predicted octanol–water partition coefficient (Wildman–Crippen LogP) is 37.9. The van der Waals surface area contributed by atoms with Crippen LogP contribution in [0.1, 0.15) is 13.7 Å². The minimum atomic E-state index is -0.501. The first kappa shape index (κ1) is 68.1. The van der Waals surface area contributed by atoms with Gasteiger partial charge in [-0.1, -0.05) is 370 Å². The van der Waals surface area contributed by atoms with Gasteiger partial charge in [-0.2, -0.15) is 0 Å². The molecule has 0 amide bonds. The maximum absolute atomic E-state index is 9.15. The summed E-state index contributed by atoms with van der Waals surface area (Å²) in [7, 11) is 0. The number of benzene rings is 23. The fraction of sp³-hybridized carbons (Fsp3) is 0. The van der Waals surface area contributed by atoms with Gasteiger partial charge in [-0.3, -0.25) is 0 Å². The van der Waals surface area contributed by atoms with Crippen molar-refractivity contribution in [2.24, 2.45) is 0 Å². The van der Waals surface area contributed by atoms with Gasteiger partial charge in [0.1, 0.15) is 22.3 Å². The third kappa shape index (κ3) is 13.7. The molecule has 0 aliphatic heterocycles. The van der Waals surface area contributed by atoms with E-state index in [2.05, 4.69) is 320 Å². The van der Waals surface area contributed by atoms with Crippen molar-refractivity contribution in [2.75, 3.05) is 9.80 Å². The van der Waals surface area contributed by atoms with E-state index in [0.717, 1.165) is 99.3 Å². The summed E-state index contributed by atoms with van der Waals surface area (Å²) in [6.45, 7) is 0. The predicted molar refractivity (Wildman–Crippen MR) is 574 cm³/mol. The number of hydrogen-bond acceptors (Lipinski definition) is 6. The van der Waals surface area contributed by atoms with Crippen LogP contribution in [0, 0.1) is 0 Å². The molecule has 4 heterocycles. The standard InChI is InChI=1S/C66H41NOS.C62H39NOS/c1-2-11-42(12-3-1)43-21-23-44(24-22-43)45-25-33-51(34-26-45)67(52-35-27-48(28-36-52)56-19-10-20-58-59-39-31-46-13-4-8-17-55(46)65(59)68-64(56)58)53-37-29-49(30-38-53)62-54-16-7-6-15-50(54)41-61-63(62)60-40-32-47-14-5-9-18-57(47)66(60)69-61;1-3-12-40(13-4-1)45-18-11-19-51(35-45)63(50-28-22-42(23-29-50)47-27-31-56-58-33-25-44-17-8-10-21-54(44)62(58)65-60(56)39-47)52-36-48(41-14-5-2-6-15-41)34-49(37-52)46-26-30-55-57-32-24-43-16-7-9-20-53(43)61(57)64-59(55)38-46/h1-41H;1-39H/i;1D,2D,3D,4D,5D,6D,12D,13D,14D,15D. The number of nitrogens with zero attached hydrogens (tertiary/aromatic N) is 2. The molecule has 0 spiro atoms. The molecule has 626 valence electrons. The number of thiophene rings is 2. The maximum atomic E-state index is 9.15. The molecule has 0 atom stereocenters. The van der Waals surface area contributed by atoms with Crippen molar-refractivity contribution in [3.63, 3.8) is 0 Å². The van der Waals surface area contributed by atoms with E-state index in [9.17, 15) is 0 Å². The second kappa shape index (κ2) is 32.6. The summed E-state index contributed by atoms with van der Waals surface area (Å²) < 4.78 is 106. The molecule has 0 unspecified atom stereocenters. The van der Waals surface area contributed by atoms with Crippen LogP contribution in [0.3, 0.4) is 0 Å². The molecule has 0 saturated heterocycles. The zero-order valence-electron chi connectivity index (χ0n) is 81.9. The number of para-hydroxylation sites is 1. The molecule has 0 saturated carbocycles. The normalized spacial score (nSPS) is 12.8. The number of fused-ring (bicyclic) bond motifs is 21. The number of furan rings is 2. The van der Waals surface area contributed by atoms with Gasteiger partial charge in [-0.15, -0.1) is 22.7 Å². The Morgan fingerprint density at radius 1 is 0.194 bits per heavy atom. The van der Waals surface area contributed by atoms with Crippen molar-refractivity contribution in [3.8, 4) is 89.0 Å². The molecule has 134 heavy (non-hydrogen) atoms. The Morgan fingerprint density at radius 2 is 0.582 bits per heavy atom. The first-order chi connectivity index (χ1) is 70.5. The lowest BCUT2D eigenvalue weighted by Gasteiger charge is -2.27. The average molecular weight is 1750 g/mol. The Morgan fingerprint density at radius 3 is 1.19 bits per heavy atom. The molecule has 0 radical (unpaired) electrons. The van der Waals surface area contributed by atoms with Crippen molar-refractivity contribution in [3.05, 3.63) is 485 Å². The van der Waals surface area contributed by atoms with Crippen LogP contribution in [0.4, 0.5) is 34.1 Å². The summed E-state index contributed by atoms with van der Waals surface area (Å²) in [6, 6.07) is 145. The maximum Gasteiger partial charge on any atom is 0.143 e. The second-order valence-electron chi connectivity index (χ2n) is 34.1. The van der Waals surface area contributed by atoms with Gasteiger partial charge in [-0.25, -0.2) is 0 Å². The highest BCUT2D eigenvalue weighted by molar-refractivity contribution is 7.27. The molecule has 0 N–H and O–H groups in total. The van der Waals surface area contributed by atoms with Gasteiger partial charge in [0.15, 0.2) is 0 Å². The first-order valence-corrected chi connectivity index (χ1v) is 46.5. The number of anilines is 6. The third-order valence-electron chi connectivity index (χ3n) is 26.4. The van der Waals surface area contributed by atoms with Crippen LogP contribution in [0.5, 0.6) is 0 Å². The summed E-state index contributed by atoms with van der Waals surface area (Å²) in [5.74, 6) is 0. The summed E-state index contributed by atoms with van der Waals surface area (Å²) in [4.78, 5) is 4.34. The Hall–Kier alpha value is -17.0. The van der Waals surface area contributed by atoms with Crippen molar-refractivity contribution in [1.29, 1.82) is 0 Å². The van der Waals surface area contributed by atoms with Gasteiger partial charge < -0.3 is 18.6 Å².